The number of carbonyl (C=O) groups excluding carboxylic acids is 3. The third-order valence-corrected chi connectivity index (χ3v) is 7.39. The zero-order chi connectivity index (χ0) is 26.6. The molecule has 0 bridgehead atoms. The second kappa shape index (κ2) is 11.4. The summed E-state index contributed by atoms with van der Waals surface area (Å²) < 4.78 is 12.2. The molecule has 1 fully saturated rings. The number of halogens is 2. The second-order valence-corrected chi connectivity index (χ2v) is 10.6. The molecule has 0 saturated carbocycles. The van der Waals surface area contributed by atoms with Gasteiger partial charge < -0.3 is 9.47 Å². The number of esters is 1. The molecule has 5 rings (SSSR count). The van der Waals surface area contributed by atoms with E-state index < -0.39 is 17.1 Å². The van der Waals surface area contributed by atoms with Crippen molar-refractivity contribution in [3.05, 3.63) is 110 Å². The number of hydrogen-bond acceptors (Lipinski definition) is 6. The highest BCUT2D eigenvalue weighted by molar-refractivity contribution is 9.10. The smallest absolute Gasteiger partial charge is 0.343 e. The molecule has 190 valence electrons. The summed E-state index contributed by atoms with van der Waals surface area (Å²) >= 11 is 10.1. The number of fused-ring (bicyclic) bond motifs is 1. The Bertz CT molecular complexity index is 1580. The minimum absolute atomic E-state index is 0.0993. The summed E-state index contributed by atoms with van der Waals surface area (Å²) in [5.41, 5.74) is 0.800. The van der Waals surface area contributed by atoms with E-state index >= 15 is 0 Å². The maximum absolute atomic E-state index is 13.1. The first kappa shape index (κ1) is 26.0. The lowest BCUT2D eigenvalue weighted by Gasteiger charge is -2.14. The highest BCUT2D eigenvalue weighted by Gasteiger charge is 2.35. The van der Waals surface area contributed by atoms with E-state index in [-0.39, 0.29) is 23.8 Å². The molecule has 1 heterocycles. The van der Waals surface area contributed by atoms with Crippen LogP contribution in [0.1, 0.15) is 15.9 Å². The summed E-state index contributed by atoms with van der Waals surface area (Å²) in [5, 5.41) is 2.11. The van der Waals surface area contributed by atoms with Crippen molar-refractivity contribution in [2.45, 2.75) is 0 Å². The minimum atomic E-state index is -0.572. The van der Waals surface area contributed by atoms with Crippen molar-refractivity contribution in [2.75, 3.05) is 13.2 Å². The molecule has 0 N–H and O–H groups in total. The van der Waals surface area contributed by atoms with E-state index in [0.29, 0.717) is 21.9 Å². The highest BCUT2D eigenvalue weighted by Crippen LogP contribution is 2.35. The van der Waals surface area contributed by atoms with Gasteiger partial charge >= 0.3 is 5.97 Å². The topological polar surface area (TPSA) is 72.9 Å². The molecule has 0 aliphatic carbocycles. The van der Waals surface area contributed by atoms with Crippen molar-refractivity contribution in [1.82, 2.24) is 4.90 Å². The summed E-state index contributed by atoms with van der Waals surface area (Å²) in [6.45, 7) is 0.252. The van der Waals surface area contributed by atoms with Crippen LogP contribution in [0.2, 0.25) is 5.02 Å². The number of rotatable bonds is 7. The molecule has 0 radical (unpaired) electrons. The Morgan fingerprint density at radius 1 is 0.947 bits per heavy atom. The Hall–Kier alpha value is -3.59. The first-order valence-electron chi connectivity index (χ1n) is 11.5. The van der Waals surface area contributed by atoms with Crippen LogP contribution in [-0.4, -0.2) is 35.2 Å². The van der Waals surface area contributed by atoms with Gasteiger partial charge in [-0.3, -0.25) is 14.5 Å². The monoisotopic (exact) mass is 607 g/mol. The van der Waals surface area contributed by atoms with Crippen molar-refractivity contribution < 1.29 is 23.9 Å². The molecule has 38 heavy (non-hydrogen) atoms. The summed E-state index contributed by atoms with van der Waals surface area (Å²) in [6.07, 6.45) is 1.55. The predicted molar refractivity (Wildman–Crippen MR) is 153 cm³/mol. The van der Waals surface area contributed by atoms with Gasteiger partial charge in [-0.15, -0.1) is 0 Å². The molecule has 0 unspecified atom stereocenters. The zero-order valence-electron chi connectivity index (χ0n) is 19.7. The lowest BCUT2D eigenvalue weighted by atomic mass is 10.1. The Morgan fingerprint density at radius 2 is 1.71 bits per heavy atom. The summed E-state index contributed by atoms with van der Waals surface area (Å²) in [4.78, 5) is 39.7. The fourth-order valence-corrected chi connectivity index (χ4v) is 5.23. The van der Waals surface area contributed by atoms with E-state index in [1.165, 1.54) is 0 Å². The van der Waals surface area contributed by atoms with Crippen LogP contribution in [0.3, 0.4) is 0 Å². The predicted octanol–water partition coefficient (Wildman–Crippen LogP) is 7.59. The summed E-state index contributed by atoms with van der Waals surface area (Å²) in [6, 6.07) is 25.0. The number of thioether (sulfide) groups is 1. The Morgan fingerprint density at radius 3 is 2.53 bits per heavy atom. The Balaban J connectivity index is 1.30. The second-order valence-electron chi connectivity index (χ2n) is 8.24. The first-order chi connectivity index (χ1) is 18.4. The number of nitrogens with zero attached hydrogens (tertiary/aromatic N) is 1. The maximum atomic E-state index is 13.1. The minimum Gasteiger partial charge on any atom is -0.491 e. The standard InChI is InChI=1S/C29H19BrClNO5S/c30-21-10-13-24(37-28(34)19-8-11-22(31)12-9-19)20(16-21)17-26-27(33)32(29(35)38-26)14-15-36-25-7-3-5-18-4-1-2-6-23(18)25/h1-13,16-17H,14-15H2/b26-17-. The van der Waals surface area contributed by atoms with Crippen LogP contribution >= 0.6 is 39.3 Å². The van der Waals surface area contributed by atoms with Crippen molar-refractivity contribution in [3.63, 3.8) is 0 Å². The molecular formula is C29H19BrClNO5S. The molecular weight excluding hydrogens is 590 g/mol. The van der Waals surface area contributed by atoms with Crippen LogP contribution in [-0.2, 0) is 4.79 Å². The van der Waals surface area contributed by atoms with Crippen LogP contribution in [0.25, 0.3) is 16.8 Å². The van der Waals surface area contributed by atoms with Crippen LogP contribution in [0.5, 0.6) is 11.5 Å². The van der Waals surface area contributed by atoms with E-state index in [2.05, 4.69) is 15.9 Å². The average molecular weight is 609 g/mol. The molecule has 0 aromatic heterocycles. The third-order valence-electron chi connectivity index (χ3n) is 5.74. The summed E-state index contributed by atoms with van der Waals surface area (Å²) in [5.74, 6) is -0.0695. The first-order valence-corrected chi connectivity index (χ1v) is 13.5. The zero-order valence-corrected chi connectivity index (χ0v) is 22.9. The number of carbonyl (C=O) groups is 3. The molecule has 4 aromatic carbocycles. The van der Waals surface area contributed by atoms with Gasteiger partial charge in [0.1, 0.15) is 18.1 Å². The largest absolute Gasteiger partial charge is 0.491 e. The van der Waals surface area contributed by atoms with Crippen molar-refractivity contribution in [2.24, 2.45) is 0 Å². The SMILES string of the molecule is O=C(Oc1ccc(Br)cc1/C=C1\SC(=O)N(CCOc2cccc3ccccc23)C1=O)c1ccc(Cl)cc1. The molecule has 1 saturated heterocycles. The number of ether oxygens (including phenoxy) is 2. The van der Waals surface area contributed by atoms with E-state index in [9.17, 15) is 14.4 Å². The Labute approximate surface area is 236 Å². The maximum Gasteiger partial charge on any atom is 0.343 e. The highest BCUT2D eigenvalue weighted by atomic mass is 79.9. The number of imide groups is 1. The Kier molecular flexibility index (Phi) is 7.83. The van der Waals surface area contributed by atoms with Gasteiger partial charge in [0.15, 0.2) is 0 Å². The number of amides is 2. The van der Waals surface area contributed by atoms with Crippen molar-refractivity contribution >= 4 is 73.3 Å². The van der Waals surface area contributed by atoms with Crippen LogP contribution in [0, 0.1) is 0 Å². The van der Waals surface area contributed by atoms with Crippen LogP contribution in [0.15, 0.2) is 94.3 Å². The number of benzene rings is 4. The van der Waals surface area contributed by atoms with Gasteiger partial charge in [-0.25, -0.2) is 4.79 Å². The molecule has 0 atom stereocenters. The fraction of sp³-hybridized carbons (Fsp3) is 0.0690. The molecule has 0 spiro atoms. The number of hydrogen-bond donors (Lipinski definition) is 0. The third kappa shape index (κ3) is 5.78. The molecule has 9 heteroatoms. The van der Waals surface area contributed by atoms with E-state index in [4.69, 9.17) is 21.1 Å². The fourth-order valence-electron chi connectivity index (χ4n) is 3.87. The van der Waals surface area contributed by atoms with Gasteiger partial charge in [-0.2, -0.15) is 0 Å². The van der Waals surface area contributed by atoms with Gasteiger partial charge in [0.25, 0.3) is 11.1 Å². The lowest BCUT2D eigenvalue weighted by molar-refractivity contribution is -0.123. The molecule has 1 aliphatic heterocycles. The van der Waals surface area contributed by atoms with Crippen molar-refractivity contribution in [3.8, 4) is 11.5 Å². The van der Waals surface area contributed by atoms with Crippen LogP contribution in [0.4, 0.5) is 4.79 Å². The van der Waals surface area contributed by atoms with E-state index in [0.717, 1.165) is 31.9 Å². The quantitative estimate of drug-likeness (QED) is 0.122. The molecule has 2 amide bonds. The van der Waals surface area contributed by atoms with Gasteiger partial charge in [0, 0.05) is 20.4 Å². The molecule has 1 aliphatic rings. The molecule has 4 aromatic rings. The van der Waals surface area contributed by atoms with Gasteiger partial charge in [-0.1, -0.05) is 63.9 Å². The van der Waals surface area contributed by atoms with E-state index in [1.807, 2.05) is 42.5 Å². The van der Waals surface area contributed by atoms with E-state index in [1.54, 1.807) is 48.5 Å². The van der Waals surface area contributed by atoms with Crippen molar-refractivity contribution in [1.29, 1.82) is 0 Å². The lowest BCUT2D eigenvalue weighted by Crippen LogP contribution is -2.32. The molecule has 6 nitrogen and oxygen atoms in total. The summed E-state index contributed by atoms with van der Waals surface area (Å²) in [7, 11) is 0. The van der Waals surface area contributed by atoms with Crippen LogP contribution < -0.4 is 9.47 Å². The van der Waals surface area contributed by atoms with Gasteiger partial charge in [0.2, 0.25) is 0 Å². The average Bonchev–Trinajstić information content (AvgIpc) is 3.18. The van der Waals surface area contributed by atoms with Gasteiger partial charge in [-0.05, 0) is 71.8 Å². The normalized spacial score (nSPS) is 14.4. The van der Waals surface area contributed by atoms with Gasteiger partial charge in [0.05, 0.1) is 17.0 Å².